The number of aromatic nitrogens is 2. The van der Waals surface area contributed by atoms with E-state index >= 15 is 0 Å². The Labute approximate surface area is 168 Å². The monoisotopic (exact) mass is 399 g/mol. The van der Waals surface area contributed by atoms with Gasteiger partial charge in [0.1, 0.15) is 28.5 Å². The van der Waals surface area contributed by atoms with E-state index in [-0.39, 0.29) is 5.91 Å². The molecule has 148 valence electrons. The first-order valence-corrected chi connectivity index (χ1v) is 10.4. The van der Waals surface area contributed by atoms with Crippen molar-refractivity contribution in [2.45, 2.75) is 27.3 Å². The van der Waals surface area contributed by atoms with Gasteiger partial charge in [0.15, 0.2) is 0 Å². The van der Waals surface area contributed by atoms with Crippen molar-refractivity contribution in [1.29, 1.82) is 0 Å². The first-order valence-electron chi connectivity index (χ1n) is 9.61. The van der Waals surface area contributed by atoms with Crippen molar-refractivity contribution < 1.29 is 9.21 Å². The second kappa shape index (κ2) is 7.89. The maximum absolute atomic E-state index is 12.8. The molecule has 0 aromatic carbocycles. The largest absolute Gasteiger partial charge is 0.465 e. The van der Waals surface area contributed by atoms with Crippen LogP contribution in [0.4, 0.5) is 5.82 Å². The van der Waals surface area contributed by atoms with Crippen LogP contribution in [0.3, 0.4) is 0 Å². The number of aryl methyl sites for hydroxylation is 2. The summed E-state index contributed by atoms with van der Waals surface area (Å²) >= 11 is 1.42. The van der Waals surface area contributed by atoms with E-state index in [1.165, 1.54) is 11.3 Å². The maximum atomic E-state index is 12.8. The van der Waals surface area contributed by atoms with E-state index in [1.807, 2.05) is 26.0 Å². The maximum Gasteiger partial charge on any atom is 0.262 e. The summed E-state index contributed by atoms with van der Waals surface area (Å²) in [4.78, 5) is 28.1. The number of fused-ring (bicyclic) bond motifs is 1. The molecule has 1 fully saturated rings. The fraction of sp³-hybridized carbons (Fsp3) is 0.450. The van der Waals surface area contributed by atoms with E-state index < -0.39 is 0 Å². The van der Waals surface area contributed by atoms with Crippen molar-refractivity contribution in [3.8, 4) is 0 Å². The second-order valence-corrected chi connectivity index (χ2v) is 8.05. The lowest BCUT2D eigenvalue weighted by atomic mass is 10.1. The lowest BCUT2D eigenvalue weighted by Gasteiger charge is -2.35. The molecule has 1 amide bonds. The third-order valence-corrected chi connectivity index (χ3v) is 6.45. The molecule has 0 saturated carbocycles. The van der Waals surface area contributed by atoms with Gasteiger partial charge in [-0.1, -0.05) is 6.92 Å². The van der Waals surface area contributed by atoms with Gasteiger partial charge in [-0.15, -0.1) is 11.3 Å². The highest BCUT2D eigenvalue weighted by Crippen LogP contribution is 2.35. The van der Waals surface area contributed by atoms with E-state index in [0.717, 1.165) is 65.8 Å². The molecule has 0 spiro atoms. The van der Waals surface area contributed by atoms with E-state index in [2.05, 4.69) is 32.0 Å². The van der Waals surface area contributed by atoms with Crippen molar-refractivity contribution in [3.05, 3.63) is 40.4 Å². The number of furan rings is 1. The molecule has 1 N–H and O–H groups in total. The number of anilines is 1. The van der Waals surface area contributed by atoms with Gasteiger partial charge in [0, 0.05) is 26.2 Å². The minimum absolute atomic E-state index is 0.101. The van der Waals surface area contributed by atoms with Crippen LogP contribution in [0.5, 0.6) is 0 Å². The molecule has 1 saturated heterocycles. The molecule has 0 unspecified atom stereocenters. The van der Waals surface area contributed by atoms with E-state index in [1.54, 1.807) is 6.33 Å². The lowest BCUT2D eigenvalue weighted by molar-refractivity contribution is 0.0951. The molecule has 4 rings (SSSR count). The standard InChI is InChI=1S/C20H25N5O2S/c1-4-24-7-9-25(10-8-24)18-16-14(3)17(28-20(16)23-12-22-18)19(26)21-11-15-6-5-13(2)27-15/h5-6,12H,4,7-11H2,1-3H3,(H,21,26). The Morgan fingerprint density at radius 3 is 2.68 bits per heavy atom. The minimum atomic E-state index is -0.101. The Morgan fingerprint density at radius 2 is 2.00 bits per heavy atom. The van der Waals surface area contributed by atoms with E-state index in [4.69, 9.17) is 4.42 Å². The first-order chi connectivity index (χ1) is 13.6. The van der Waals surface area contributed by atoms with Gasteiger partial charge < -0.3 is 19.5 Å². The number of carbonyl (C=O) groups excluding carboxylic acids is 1. The summed E-state index contributed by atoms with van der Waals surface area (Å²) in [6.45, 7) is 11.5. The Bertz CT molecular complexity index is 988. The highest BCUT2D eigenvalue weighted by Gasteiger charge is 2.24. The normalized spacial score (nSPS) is 15.3. The zero-order valence-corrected chi connectivity index (χ0v) is 17.3. The predicted molar refractivity (Wildman–Crippen MR) is 111 cm³/mol. The van der Waals surface area contributed by atoms with Crippen LogP contribution >= 0.6 is 11.3 Å². The zero-order chi connectivity index (χ0) is 19.7. The molecule has 0 radical (unpaired) electrons. The van der Waals surface area contributed by atoms with E-state index in [9.17, 15) is 4.79 Å². The fourth-order valence-electron chi connectivity index (χ4n) is 3.61. The fourth-order valence-corrected chi connectivity index (χ4v) is 4.67. The quantitative estimate of drug-likeness (QED) is 0.711. The number of carbonyl (C=O) groups is 1. The van der Waals surface area contributed by atoms with Gasteiger partial charge in [-0.05, 0) is 38.1 Å². The molecule has 7 nitrogen and oxygen atoms in total. The number of nitrogens with one attached hydrogen (secondary N) is 1. The number of amides is 1. The molecule has 8 heteroatoms. The van der Waals surface area contributed by atoms with Crippen LogP contribution in [0, 0.1) is 13.8 Å². The minimum Gasteiger partial charge on any atom is -0.465 e. The van der Waals surface area contributed by atoms with Gasteiger partial charge in [-0.3, -0.25) is 4.79 Å². The van der Waals surface area contributed by atoms with Gasteiger partial charge in [0.25, 0.3) is 5.91 Å². The first kappa shape index (κ1) is 18.9. The van der Waals surface area contributed by atoms with Crippen molar-refractivity contribution in [1.82, 2.24) is 20.2 Å². The van der Waals surface area contributed by atoms with Gasteiger partial charge >= 0.3 is 0 Å². The summed E-state index contributed by atoms with van der Waals surface area (Å²) in [6, 6.07) is 3.78. The third-order valence-electron chi connectivity index (χ3n) is 5.25. The van der Waals surface area contributed by atoms with Gasteiger partial charge in [-0.25, -0.2) is 9.97 Å². The number of thiophene rings is 1. The Kier molecular flexibility index (Phi) is 5.32. The Morgan fingerprint density at radius 1 is 1.21 bits per heavy atom. The molecule has 0 aliphatic carbocycles. The Hall–Kier alpha value is -2.45. The van der Waals surface area contributed by atoms with E-state index in [0.29, 0.717) is 11.4 Å². The zero-order valence-electron chi connectivity index (χ0n) is 16.5. The summed E-state index contributed by atoms with van der Waals surface area (Å²) in [6.07, 6.45) is 1.60. The van der Waals surface area contributed by atoms with Gasteiger partial charge in [-0.2, -0.15) is 0 Å². The van der Waals surface area contributed by atoms with Crippen LogP contribution in [0.25, 0.3) is 10.2 Å². The summed E-state index contributed by atoms with van der Waals surface area (Å²) in [5.41, 5.74) is 0.946. The van der Waals surface area contributed by atoms with Crippen molar-refractivity contribution in [3.63, 3.8) is 0 Å². The number of piperazine rings is 1. The van der Waals surface area contributed by atoms with Gasteiger partial charge in [0.05, 0.1) is 16.8 Å². The summed E-state index contributed by atoms with van der Waals surface area (Å²) in [5, 5.41) is 3.95. The number of likely N-dealkylation sites (N-methyl/N-ethyl adjacent to an activating group) is 1. The summed E-state index contributed by atoms with van der Waals surface area (Å²) in [7, 11) is 0. The molecular formula is C20H25N5O2S. The molecular weight excluding hydrogens is 374 g/mol. The predicted octanol–water partition coefficient (Wildman–Crippen LogP) is 2.97. The lowest BCUT2D eigenvalue weighted by Crippen LogP contribution is -2.46. The molecule has 0 atom stereocenters. The molecule has 3 aromatic heterocycles. The molecule has 28 heavy (non-hydrogen) atoms. The SMILES string of the molecule is CCN1CCN(c2ncnc3sc(C(=O)NCc4ccc(C)o4)c(C)c23)CC1. The second-order valence-electron chi connectivity index (χ2n) is 7.05. The molecule has 0 bridgehead atoms. The van der Waals surface area contributed by atoms with Crippen LogP contribution in [-0.4, -0.2) is 53.5 Å². The van der Waals surface area contributed by atoms with Crippen molar-refractivity contribution >= 4 is 33.3 Å². The average Bonchev–Trinajstić information content (AvgIpc) is 3.29. The van der Waals surface area contributed by atoms with Crippen molar-refractivity contribution in [2.24, 2.45) is 0 Å². The highest BCUT2D eigenvalue weighted by molar-refractivity contribution is 7.20. The Balaban J connectivity index is 1.57. The number of rotatable bonds is 5. The van der Waals surface area contributed by atoms with Crippen LogP contribution in [0.15, 0.2) is 22.9 Å². The summed E-state index contributed by atoms with van der Waals surface area (Å²) in [5.74, 6) is 2.43. The molecule has 1 aliphatic heterocycles. The van der Waals surface area contributed by atoms with Crippen LogP contribution < -0.4 is 10.2 Å². The topological polar surface area (TPSA) is 74.5 Å². The average molecular weight is 400 g/mol. The summed E-state index contributed by atoms with van der Waals surface area (Å²) < 4.78 is 5.53. The molecule has 4 heterocycles. The molecule has 3 aromatic rings. The smallest absolute Gasteiger partial charge is 0.262 e. The number of nitrogens with zero attached hydrogens (tertiary/aromatic N) is 4. The van der Waals surface area contributed by atoms with Gasteiger partial charge in [0.2, 0.25) is 0 Å². The van der Waals surface area contributed by atoms with Crippen molar-refractivity contribution in [2.75, 3.05) is 37.6 Å². The number of hydrogen-bond donors (Lipinski definition) is 1. The van der Waals surface area contributed by atoms with Crippen LogP contribution in [0.1, 0.15) is 33.7 Å². The molecule has 1 aliphatic rings. The highest BCUT2D eigenvalue weighted by atomic mass is 32.1. The number of hydrogen-bond acceptors (Lipinski definition) is 7. The van der Waals surface area contributed by atoms with Crippen LogP contribution in [0.2, 0.25) is 0 Å². The third kappa shape index (κ3) is 3.62. The van der Waals surface area contributed by atoms with Crippen LogP contribution in [-0.2, 0) is 6.54 Å².